The number of piperidine rings is 1. The Kier molecular flexibility index (Phi) is 4.24. The van der Waals surface area contributed by atoms with Crippen LogP contribution in [0.15, 0.2) is 55.1 Å². The molecule has 128 valence electrons. The van der Waals surface area contributed by atoms with Crippen LogP contribution in [0.4, 0.5) is 5.82 Å². The predicted octanol–water partition coefficient (Wildman–Crippen LogP) is 3.56. The summed E-state index contributed by atoms with van der Waals surface area (Å²) in [5.74, 6) is 1.32. The number of hydrogen-bond acceptors (Lipinski definition) is 4. The molecule has 0 saturated carbocycles. The van der Waals surface area contributed by atoms with Gasteiger partial charge in [0, 0.05) is 48.6 Å². The number of nitrogens with zero attached hydrogens (tertiary/aromatic N) is 3. The molecule has 1 fully saturated rings. The molecule has 0 spiro atoms. The molecule has 1 saturated heterocycles. The lowest BCUT2D eigenvalue weighted by Gasteiger charge is -2.25. The van der Waals surface area contributed by atoms with Crippen LogP contribution in [0.25, 0.3) is 21.9 Å². The molecular formula is C20H23N5. The maximum atomic E-state index is 4.54. The predicted molar refractivity (Wildman–Crippen MR) is 102 cm³/mol. The number of aromatic nitrogens is 3. The van der Waals surface area contributed by atoms with Crippen molar-refractivity contribution in [2.75, 3.05) is 18.4 Å². The first kappa shape index (κ1) is 15.8. The summed E-state index contributed by atoms with van der Waals surface area (Å²) in [7, 11) is 1.93. The quantitative estimate of drug-likeness (QED) is 0.766. The topological polar surface area (TPSA) is 54.8 Å². The summed E-state index contributed by atoms with van der Waals surface area (Å²) in [6.45, 7) is 6.32. The van der Waals surface area contributed by atoms with Crippen LogP contribution >= 0.6 is 0 Å². The van der Waals surface area contributed by atoms with E-state index in [0.29, 0.717) is 5.92 Å². The second-order valence-corrected chi connectivity index (χ2v) is 6.73. The summed E-state index contributed by atoms with van der Waals surface area (Å²) in [5.41, 5.74) is 3.32. The lowest BCUT2D eigenvalue weighted by molar-refractivity contribution is 0.424. The second-order valence-electron chi connectivity index (χ2n) is 6.73. The third-order valence-electron chi connectivity index (χ3n) is 4.84. The van der Waals surface area contributed by atoms with Crippen molar-refractivity contribution < 1.29 is 0 Å². The van der Waals surface area contributed by atoms with Gasteiger partial charge in [-0.05, 0) is 42.5 Å². The lowest BCUT2D eigenvalue weighted by Crippen LogP contribution is -2.32. The van der Waals surface area contributed by atoms with Gasteiger partial charge in [-0.25, -0.2) is 4.98 Å². The Labute approximate surface area is 147 Å². The van der Waals surface area contributed by atoms with Crippen molar-refractivity contribution in [2.24, 2.45) is 13.0 Å². The molecule has 1 aromatic carbocycles. The van der Waals surface area contributed by atoms with Gasteiger partial charge in [0.2, 0.25) is 0 Å². The summed E-state index contributed by atoms with van der Waals surface area (Å²) < 4.78 is 1.82. The van der Waals surface area contributed by atoms with Crippen LogP contribution in [-0.2, 0) is 7.05 Å². The number of aryl methyl sites for hydroxylation is 1. The molecule has 1 aliphatic rings. The number of rotatable bonds is 4. The number of pyridine rings is 1. The number of fused-ring (bicyclic) bond motifs is 1. The molecule has 0 bridgehead atoms. The molecule has 1 aliphatic heterocycles. The van der Waals surface area contributed by atoms with E-state index in [1.165, 1.54) is 12.8 Å². The minimum Gasteiger partial charge on any atom is -0.344 e. The molecule has 0 aliphatic carbocycles. The summed E-state index contributed by atoms with van der Waals surface area (Å²) in [5, 5.41) is 13.4. The molecule has 0 amide bonds. The molecule has 3 aromatic rings. The van der Waals surface area contributed by atoms with Crippen LogP contribution in [-0.4, -0.2) is 27.9 Å². The highest BCUT2D eigenvalue weighted by atomic mass is 15.2. The SMILES string of the molecule is C=C(Nc1cc2cc(-c3cnn(C)c3)ccc2cn1)[C@@H]1CCCNC1. The third-order valence-corrected chi connectivity index (χ3v) is 4.84. The van der Waals surface area contributed by atoms with Crippen molar-refractivity contribution >= 4 is 16.6 Å². The fraction of sp³-hybridized carbons (Fsp3) is 0.300. The van der Waals surface area contributed by atoms with Crippen molar-refractivity contribution in [1.29, 1.82) is 0 Å². The van der Waals surface area contributed by atoms with Gasteiger partial charge in [-0.15, -0.1) is 0 Å². The normalized spacial score (nSPS) is 17.6. The Balaban J connectivity index is 1.59. The fourth-order valence-corrected chi connectivity index (χ4v) is 3.37. The van der Waals surface area contributed by atoms with Crippen LogP contribution < -0.4 is 10.6 Å². The molecule has 3 heterocycles. The van der Waals surface area contributed by atoms with Gasteiger partial charge in [-0.3, -0.25) is 4.68 Å². The summed E-state index contributed by atoms with van der Waals surface area (Å²) in [6, 6.07) is 8.50. The lowest BCUT2D eigenvalue weighted by atomic mass is 9.97. The van der Waals surface area contributed by atoms with Crippen molar-refractivity contribution in [3.8, 4) is 11.1 Å². The van der Waals surface area contributed by atoms with Crippen LogP contribution in [0.5, 0.6) is 0 Å². The fourth-order valence-electron chi connectivity index (χ4n) is 3.37. The van der Waals surface area contributed by atoms with E-state index in [9.17, 15) is 0 Å². The zero-order chi connectivity index (χ0) is 17.2. The molecule has 25 heavy (non-hydrogen) atoms. The maximum Gasteiger partial charge on any atom is 0.130 e. The highest BCUT2D eigenvalue weighted by Gasteiger charge is 2.16. The summed E-state index contributed by atoms with van der Waals surface area (Å²) >= 11 is 0. The minimum atomic E-state index is 0.466. The first-order chi connectivity index (χ1) is 12.2. The maximum absolute atomic E-state index is 4.54. The highest BCUT2D eigenvalue weighted by Crippen LogP contribution is 2.26. The molecule has 1 atom stereocenters. The number of anilines is 1. The van der Waals surface area contributed by atoms with Gasteiger partial charge in [0.25, 0.3) is 0 Å². The molecular weight excluding hydrogens is 310 g/mol. The van der Waals surface area contributed by atoms with Gasteiger partial charge in [-0.2, -0.15) is 5.10 Å². The Hall–Kier alpha value is -2.66. The van der Waals surface area contributed by atoms with E-state index in [4.69, 9.17) is 0 Å². The molecule has 5 heteroatoms. The van der Waals surface area contributed by atoms with Crippen LogP contribution in [0, 0.1) is 5.92 Å². The van der Waals surface area contributed by atoms with Gasteiger partial charge >= 0.3 is 0 Å². The minimum absolute atomic E-state index is 0.466. The summed E-state index contributed by atoms with van der Waals surface area (Å²) in [4.78, 5) is 4.54. The van der Waals surface area contributed by atoms with Crippen LogP contribution in [0.1, 0.15) is 12.8 Å². The van der Waals surface area contributed by atoms with Gasteiger partial charge in [0.15, 0.2) is 0 Å². The third kappa shape index (κ3) is 3.42. The van der Waals surface area contributed by atoms with Crippen molar-refractivity contribution in [3.63, 3.8) is 0 Å². The molecule has 2 N–H and O–H groups in total. The van der Waals surface area contributed by atoms with Crippen molar-refractivity contribution in [3.05, 3.63) is 55.1 Å². The Morgan fingerprint density at radius 3 is 2.92 bits per heavy atom. The van der Waals surface area contributed by atoms with Gasteiger partial charge in [0.1, 0.15) is 5.82 Å². The number of benzene rings is 1. The second kappa shape index (κ2) is 6.69. The standard InChI is InChI=1S/C20H23N5/c1-14(16-4-3-7-21-10-16)24-20-9-18-8-15(5-6-17(18)11-22-20)19-12-23-25(2)13-19/h5-6,8-9,11-13,16,21H,1,3-4,7,10H2,2H3,(H,22,24)/t16-/m1/s1. The van der Waals surface area contributed by atoms with E-state index < -0.39 is 0 Å². The molecule has 4 rings (SSSR count). The average molecular weight is 333 g/mol. The molecule has 0 radical (unpaired) electrons. The van der Waals surface area contributed by atoms with Crippen LogP contribution in [0.3, 0.4) is 0 Å². The van der Waals surface area contributed by atoms with Crippen molar-refractivity contribution in [2.45, 2.75) is 12.8 Å². The smallest absolute Gasteiger partial charge is 0.130 e. The number of hydrogen-bond donors (Lipinski definition) is 2. The highest BCUT2D eigenvalue weighted by molar-refractivity contribution is 5.88. The summed E-state index contributed by atoms with van der Waals surface area (Å²) in [6.07, 6.45) is 8.21. The van der Waals surface area contributed by atoms with E-state index in [1.54, 1.807) is 0 Å². The monoisotopic (exact) mass is 333 g/mol. The molecule has 0 unspecified atom stereocenters. The van der Waals surface area contributed by atoms with Gasteiger partial charge in [-0.1, -0.05) is 18.7 Å². The largest absolute Gasteiger partial charge is 0.344 e. The van der Waals surface area contributed by atoms with Gasteiger partial charge in [0.05, 0.1) is 6.20 Å². The zero-order valence-electron chi connectivity index (χ0n) is 14.5. The molecule has 5 nitrogen and oxygen atoms in total. The van der Waals surface area contributed by atoms with E-state index in [0.717, 1.165) is 46.5 Å². The Morgan fingerprint density at radius 2 is 2.16 bits per heavy atom. The van der Waals surface area contributed by atoms with E-state index in [2.05, 4.69) is 51.6 Å². The van der Waals surface area contributed by atoms with Gasteiger partial charge < -0.3 is 10.6 Å². The first-order valence-electron chi connectivity index (χ1n) is 8.74. The Bertz CT molecular complexity index is 905. The first-order valence-corrected chi connectivity index (χ1v) is 8.74. The van der Waals surface area contributed by atoms with E-state index >= 15 is 0 Å². The number of nitrogens with one attached hydrogen (secondary N) is 2. The van der Waals surface area contributed by atoms with E-state index in [-0.39, 0.29) is 0 Å². The van der Waals surface area contributed by atoms with Crippen LogP contribution in [0.2, 0.25) is 0 Å². The zero-order valence-corrected chi connectivity index (χ0v) is 14.5. The molecule has 2 aromatic heterocycles. The Morgan fingerprint density at radius 1 is 1.24 bits per heavy atom. The van der Waals surface area contributed by atoms with Crippen molar-refractivity contribution in [1.82, 2.24) is 20.1 Å². The average Bonchev–Trinajstić information content (AvgIpc) is 3.08. The van der Waals surface area contributed by atoms with E-state index in [1.807, 2.05) is 30.3 Å².